The molecule has 0 saturated carbocycles. The first-order chi connectivity index (χ1) is 10.8. The molecule has 2 aromatic rings. The SMILES string of the molecule is CC(C)(C)n1cccc(/C=C(\C#N)C(=O)c2ccccc2)c1=S. The molecule has 0 aliphatic heterocycles. The molecule has 1 heterocycles. The first-order valence-electron chi connectivity index (χ1n) is 7.28. The number of nitrogens with zero attached hydrogens (tertiary/aromatic N) is 2. The Morgan fingerprint density at radius 1 is 1.17 bits per heavy atom. The van der Waals surface area contributed by atoms with Crippen molar-refractivity contribution in [2.24, 2.45) is 0 Å². The van der Waals surface area contributed by atoms with E-state index in [1.807, 2.05) is 35.0 Å². The van der Waals surface area contributed by atoms with Crippen molar-refractivity contribution < 1.29 is 4.79 Å². The number of allylic oxidation sites excluding steroid dienone is 1. The van der Waals surface area contributed by atoms with Gasteiger partial charge in [0.25, 0.3) is 0 Å². The highest BCUT2D eigenvalue weighted by Crippen LogP contribution is 2.19. The third-order valence-corrected chi connectivity index (χ3v) is 3.83. The highest BCUT2D eigenvalue weighted by Gasteiger charge is 2.15. The molecule has 0 atom stereocenters. The lowest BCUT2D eigenvalue weighted by Gasteiger charge is -2.24. The average molecular weight is 322 g/mol. The predicted molar refractivity (Wildman–Crippen MR) is 94.6 cm³/mol. The van der Waals surface area contributed by atoms with Crippen LogP contribution in [0.1, 0.15) is 36.7 Å². The lowest BCUT2D eigenvalue weighted by Crippen LogP contribution is -2.22. The standard InChI is InChI=1S/C19H18N2OS/c1-19(2,3)21-11-7-10-15(18(21)23)12-16(13-20)17(22)14-8-5-4-6-9-14/h4-12H,1-3H3/b16-12+. The maximum atomic E-state index is 12.4. The Bertz CT molecular complexity index is 849. The minimum atomic E-state index is -0.298. The largest absolute Gasteiger partial charge is 0.333 e. The molecule has 0 bridgehead atoms. The van der Waals surface area contributed by atoms with E-state index in [4.69, 9.17) is 12.2 Å². The molecule has 1 aromatic heterocycles. The fourth-order valence-corrected chi connectivity index (χ4v) is 2.66. The zero-order valence-corrected chi connectivity index (χ0v) is 14.2. The maximum absolute atomic E-state index is 12.4. The second-order valence-electron chi connectivity index (χ2n) is 6.17. The van der Waals surface area contributed by atoms with Gasteiger partial charge in [-0.2, -0.15) is 5.26 Å². The molecule has 0 radical (unpaired) electrons. The molecule has 0 N–H and O–H groups in total. The van der Waals surface area contributed by atoms with Gasteiger partial charge in [-0.05, 0) is 32.9 Å². The highest BCUT2D eigenvalue weighted by molar-refractivity contribution is 7.71. The molecule has 0 aliphatic rings. The van der Waals surface area contributed by atoms with Gasteiger partial charge in [-0.15, -0.1) is 0 Å². The molecule has 0 spiro atoms. The van der Waals surface area contributed by atoms with Crippen LogP contribution in [-0.2, 0) is 5.54 Å². The summed E-state index contributed by atoms with van der Waals surface area (Å²) >= 11 is 5.51. The van der Waals surface area contributed by atoms with E-state index in [0.717, 1.165) is 0 Å². The van der Waals surface area contributed by atoms with Gasteiger partial charge in [-0.1, -0.05) is 48.6 Å². The molecule has 4 heteroatoms. The van der Waals surface area contributed by atoms with Crippen molar-refractivity contribution in [2.75, 3.05) is 0 Å². The van der Waals surface area contributed by atoms with Gasteiger partial charge in [0.2, 0.25) is 5.78 Å². The van der Waals surface area contributed by atoms with Crippen LogP contribution in [0.2, 0.25) is 0 Å². The van der Waals surface area contributed by atoms with Gasteiger partial charge < -0.3 is 4.57 Å². The van der Waals surface area contributed by atoms with Crippen LogP contribution in [0, 0.1) is 16.0 Å². The summed E-state index contributed by atoms with van der Waals surface area (Å²) in [5, 5.41) is 9.36. The summed E-state index contributed by atoms with van der Waals surface area (Å²) in [6.07, 6.45) is 3.48. The Balaban J connectivity index is 2.51. The molecule has 116 valence electrons. The quantitative estimate of drug-likeness (QED) is 0.354. The van der Waals surface area contributed by atoms with Gasteiger partial charge >= 0.3 is 0 Å². The minimum absolute atomic E-state index is 0.0777. The van der Waals surface area contributed by atoms with Crippen molar-refractivity contribution in [1.29, 1.82) is 5.26 Å². The van der Waals surface area contributed by atoms with Crippen LogP contribution in [0.4, 0.5) is 0 Å². The molecule has 0 saturated heterocycles. The van der Waals surface area contributed by atoms with Gasteiger partial charge in [0.1, 0.15) is 16.3 Å². The third-order valence-electron chi connectivity index (χ3n) is 3.40. The predicted octanol–water partition coefficient (Wildman–Crippen LogP) is 4.76. The van der Waals surface area contributed by atoms with E-state index in [1.165, 1.54) is 0 Å². The first-order valence-corrected chi connectivity index (χ1v) is 7.69. The highest BCUT2D eigenvalue weighted by atomic mass is 32.1. The number of ketones is 1. The monoisotopic (exact) mass is 322 g/mol. The lowest BCUT2D eigenvalue weighted by molar-refractivity contribution is 0.104. The summed E-state index contributed by atoms with van der Waals surface area (Å²) in [7, 11) is 0. The van der Waals surface area contributed by atoms with E-state index in [9.17, 15) is 10.1 Å². The maximum Gasteiger partial charge on any atom is 0.203 e. The first kappa shape index (κ1) is 16.9. The molecule has 0 amide bonds. The van der Waals surface area contributed by atoms with Gasteiger partial charge in [0.15, 0.2) is 0 Å². The Kier molecular flexibility index (Phi) is 4.92. The van der Waals surface area contributed by atoms with E-state index in [-0.39, 0.29) is 16.9 Å². The fraction of sp³-hybridized carbons (Fsp3) is 0.211. The topological polar surface area (TPSA) is 45.8 Å². The van der Waals surface area contributed by atoms with E-state index in [2.05, 4.69) is 20.8 Å². The number of nitriles is 1. The number of pyridine rings is 1. The van der Waals surface area contributed by atoms with E-state index in [0.29, 0.717) is 15.8 Å². The van der Waals surface area contributed by atoms with Crippen LogP contribution in [0.15, 0.2) is 54.2 Å². The molecule has 3 nitrogen and oxygen atoms in total. The fourth-order valence-electron chi connectivity index (χ4n) is 2.20. The Hall–Kier alpha value is -2.51. The van der Waals surface area contributed by atoms with Gasteiger partial charge in [0.05, 0.1) is 0 Å². The number of carbonyl (C=O) groups excluding carboxylic acids is 1. The normalized spacial score (nSPS) is 11.8. The Labute approximate surface area is 141 Å². The zero-order valence-electron chi connectivity index (χ0n) is 13.4. The van der Waals surface area contributed by atoms with E-state index < -0.39 is 0 Å². The molecule has 0 unspecified atom stereocenters. The number of carbonyl (C=O) groups is 1. The summed E-state index contributed by atoms with van der Waals surface area (Å²) in [6, 6.07) is 14.5. The average Bonchev–Trinajstić information content (AvgIpc) is 2.53. The third kappa shape index (κ3) is 3.82. The van der Waals surface area contributed by atoms with Gasteiger partial charge in [-0.3, -0.25) is 4.79 Å². The number of hydrogen-bond donors (Lipinski definition) is 0. The van der Waals surface area contributed by atoms with Crippen LogP contribution >= 0.6 is 12.2 Å². The Morgan fingerprint density at radius 2 is 1.83 bits per heavy atom. The summed E-state index contributed by atoms with van der Waals surface area (Å²) < 4.78 is 2.56. The number of Topliss-reactive ketones (excluding diaryl/α,β-unsaturated/α-hetero) is 1. The summed E-state index contributed by atoms with van der Waals surface area (Å²) in [4.78, 5) is 12.4. The van der Waals surface area contributed by atoms with Crippen LogP contribution in [0.25, 0.3) is 6.08 Å². The number of hydrogen-bond acceptors (Lipinski definition) is 3. The van der Waals surface area contributed by atoms with E-state index >= 15 is 0 Å². The number of rotatable bonds is 3. The summed E-state index contributed by atoms with van der Waals surface area (Å²) in [5.74, 6) is -0.298. The molecule has 0 aliphatic carbocycles. The molecule has 1 aromatic carbocycles. The van der Waals surface area contributed by atoms with Crippen molar-refractivity contribution in [3.05, 3.63) is 70.0 Å². The van der Waals surface area contributed by atoms with Crippen LogP contribution in [-0.4, -0.2) is 10.4 Å². The van der Waals surface area contributed by atoms with Crippen LogP contribution in [0.5, 0.6) is 0 Å². The van der Waals surface area contributed by atoms with Crippen LogP contribution in [0.3, 0.4) is 0 Å². The summed E-state index contributed by atoms with van der Waals surface area (Å²) in [6.45, 7) is 6.16. The molecular formula is C19H18N2OS. The summed E-state index contributed by atoms with van der Waals surface area (Å²) in [5.41, 5.74) is 1.09. The molecule has 23 heavy (non-hydrogen) atoms. The van der Waals surface area contributed by atoms with Crippen molar-refractivity contribution in [1.82, 2.24) is 4.57 Å². The van der Waals surface area contributed by atoms with Gasteiger partial charge in [0, 0.05) is 22.9 Å². The molecular weight excluding hydrogens is 304 g/mol. The molecule has 2 rings (SSSR count). The Morgan fingerprint density at radius 3 is 2.39 bits per heavy atom. The number of benzene rings is 1. The zero-order chi connectivity index (χ0) is 17.0. The van der Waals surface area contributed by atoms with Crippen molar-refractivity contribution in [2.45, 2.75) is 26.3 Å². The van der Waals surface area contributed by atoms with E-state index in [1.54, 1.807) is 30.3 Å². The molecule has 0 fully saturated rings. The van der Waals surface area contributed by atoms with Crippen molar-refractivity contribution in [3.8, 4) is 6.07 Å². The van der Waals surface area contributed by atoms with Gasteiger partial charge in [-0.25, -0.2) is 0 Å². The minimum Gasteiger partial charge on any atom is -0.333 e. The van der Waals surface area contributed by atoms with Crippen molar-refractivity contribution >= 4 is 24.1 Å². The second kappa shape index (κ2) is 6.72. The van der Waals surface area contributed by atoms with Crippen LogP contribution < -0.4 is 0 Å². The smallest absolute Gasteiger partial charge is 0.203 e. The second-order valence-corrected chi connectivity index (χ2v) is 6.56. The van der Waals surface area contributed by atoms with Crippen molar-refractivity contribution in [3.63, 3.8) is 0 Å². The number of aromatic nitrogens is 1. The lowest BCUT2D eigenvalue weighted by atomic mass is 10.0.